The monoisotopic (exact) mass is 379 g/mol. The zero-order valence-corrected chi connectivity index (χ0v) is 15.4. The Morgan fingerprint density at radius 2 is 2.04 bits per heavy atom. The molecule has 6 nitrogen and oxygen atoms in total. The molecule has 0 bridgehead atoms. The standard InChI is InChI=1S/C14H20Cl2N4O2S/c1-20(2)7-3-6-17-14(23)19-18-13(21)9-22-12-5-4-10(15)8-11(12)16/h4-5,8H,3,6-7,9H2,1-2H3,(H,18,21)(H2,17,19,23)/p+1. The van der Waals surface area contributed by atoms with Crippen LogP contribution in [0.2, 0.25) is 10.0 Å². The van der Waals surface area contributed by atoms with E-state index in [1.807, 2.05) is 0 Å². The molecule has 4 N–H and O–H groups in total. The minimum absolute atomic E-state index is 0.193. The van der Waals surface area contributed by atoms with Gasteiger partial charge in [-0.3, -0.25) is 15.6 Å². The summed E-state index contributed by atoms with van der Waals surface area (Å²) in [5.74, 6) is 0.0102. The number of nitrogens with one attached hydrogen (secondary N) is 4. The van der Waals surface area contributed by atoms with Crippen LogP contribution in [0.4, 0.5) is 0 Å². The molecule has 9 heteroatoms. The van der Waals surface area contributed by atoms with E-state index in [4.69, 9.17) is 40.2 Å². The van der Waals surface area contributed by atoms with Crippen molar-refractivity contribution in [3.05, 3.63) is 28.2 Å². The number of carbonyl (C=O) groups is 1. The van der Waals surface area contributed by atoms with Gasteiger partial charge in [0.05, 0.1) is 25.7 Å². The minimum Gasteiger partial charge on any atom is -0.482 e. The normalized spacial score (nSPS) is 10.3. The molecule has 23 heavy (non-hydrogen) atoms. The van der Waals surface area contributed by atoms with Crippen molar-refractivity contribution in [2.75, 3.05) is 33.8 Å². The van der Waals surface area contributed by atoms with Gasteiger partial charge in [0.15, 0.2) is 11.7 Å². The molecule has 0 saturated carbocycles. The number of thiocarbonyl (C=S) groups is 1. The molecule has 0 aliphatic carbocycles. The highest BCUT2D eigenvalue weighted by Crippen LogP contribution is 2.27. The van der Waals surface area contributed by atoms with Crippen LogP contribution >= 0.6 is 35.4 Å². The van der Waals surface area contributed by atoms with Gasteiger partial charge in [-0.05, 0) is 30.4 Å². The van der Waals surface area contributed by atoms with E-state index in [1.165, 1.54) is 4.90 Å². The summed E-state index contributed by atoms with van der Waals surface area (Å²) < 4.78 is 5.30. The molecule has 0 unspecified atom stereocenters. The van der Waals surface area contributed by atoms with E-state index < -0.39 is 0 Å². The fourth-order valence-electron chi connectivity index (χ4n) is 1.59. The number of carbonyl (C=O) groups excluding carboxylic acids is 1. The van der Waals surface area contributed by atoms with E-state index in [1.54, 1.807) is 18.2 Å². The van der Waals surface area contributed by atoms with Crippen LogP contribution in [0.25, 0.3) is 0 Å². The maximum atomic E-state index is 11.7. The molecule has 0 heterocycles. The number of amides is 1. The molecule has 0 atom stereocenters. The first kappa shape index (κ1) is 19.8. The molecule has 1 aromatic carbocycles. The van der Waals surface area contributed by atoms with Gasteiger partial charge in [0.1, 0.15) is 5.75 Å². The van der Waals surface area contributed by atoms with E-state index in [0.717, 1.165) is 19.5 Å². The largest absolute Gasteiger partial charge is 0.482 e. The van der Waals surface area contributed by atoms with Gasteiger partial charge in [-0.15, -0.1) is 0 Å². The zero-order valence-electron chi connectivity index (χ0n) is 13.0. The van der Waals surface area contributed by atoms with Crippen molar-refractivity contribution in [3.63, 3.8) is 0 Å². The highest BCUT2D eigenvalue weighted by Gasteiger charge is 2.07. The third kappa shape index (κ3) is 8.80. The van der Waals surface area contributed by atoms with Gasteiger partial charge in [-0.25, -0.2) is 0 Å². The number of hydrazine groups is 1. The Morgan fingerprint density at radius 3 is 2.70 bits per heavy atom. The van der Waals surface area contributed by atoms with Gasteiger partial charge in [-0.1, -0.05) is 23.2 Å². The molecular formula is C14H21Cl2N4O2S+. The summed E-state index contributed by atoms with van der Waals surface area (Å²) in [6.45, 7) is 1.59. The van der Waals surface area contributed by atoms with Crippen LogP contribution in [0.15, 0.2) is 18.2 Å². The number of hydrogen-bond acceptors (Lipinski definition) is 3. The average Bonchev–Trinajstić information content (AvgIpc) is 2.48. The van der Waals surface area contributed by atoms with Crippen LogP contribution in [-0.4, -0.2) is 44.8 Å². The second-order valence-electron chi connectivity index (χ2n) is 5.10. The first-order valence-electron chi connectivity index (χ1n) is 7.08. The van der Waals surface area contributed by atoms with Crippen molar-refractivity contribution in [1.29, 1.82) is 0 Å². The smallest absolute Gasteiger partial charge is 0.276 e. The second kappa shape index (κ2) is 10.5. The van der Waals surface area contributed by atoms with Crippen molar-refractivity contribution < 1.29 is 14.4 Å². The third-order valence-electron chi connectivity index (χ3n) is 2.71. The van der Waals surface area contributed by atoms with Gasteiger partial charge >= 0.3 is 0 Å². The van der Waals surface area contributed by atoms with Crippen molar-refractivity contribution in [2.45, 2.75) is 6.42 Å². The predicted molar refractivity (Wildman–Crippen MR) is 96.1 cm³/mol. The van der Waals surface area contributed by atoms with Crippen LogP contribution in [0.3, 0.4) is 0 Å². The molecule has 0 fully saturated rings. The molecule has 0 saturated heterocycles. The fraction of sp³-hybridized carbons (Fsp3) is 0.429. The lowest BCUT2D eigenvalue weighted by Gasteiger charge is -2.13. The second-order valence-corrected chi connectivity index (χ2v) is 6.36. The lowest BCUT2D eigenvalue weighted by atomic mass is 10.3. The molecule has 0 aliphatic heterocycles. The van der Waals surface area contributed by atoms with E-state index in [9.17, 15) is 4.79 Å². The molecular weight excluding hydrogens is 359 g/mol. The Morgan fingerprint density at radius 1 is 1.30 bits per heavy atom. The van der Waals surface area contributed by atoms with Gasteiger partial charge < -0.3 is 15.0 Å². The van der Waals surface area contributed by atoms with E-state index in [2.05, 4.69) is 30.3 Å². The summed E-state index contributed by atoms with van der Waals surface area (Å²) in [5, 5.41) is 4.20. The number of halogens is 2. The van der Waals surface area contributed by atoms with Gasteiger partial charge in [0.25, 0.3) is 5.91 Å². The van der Waals surface area contributed by atoms with E-state index in [0.29, 0.717) is 20.9 Å². The van der Waals surface area contributed by atoms with Crippen LogP contribution in [0, 0.1) is 0 Å². The zero-order chi connectivity index (χ0) is 17.2. The molecule has 0 spiro atoms. The molecule has 1 rings (SSSR count). The number of benzene rings is 1. The Kier molecular flexibility index (Phi) is 9.01. The summed E-state index contributed by atoms with van der Waals surface area (Å²) in [6.07, 6.45) is 0.982. The lowest BCUT2D eigenvalue weighted by Crippen LogP contribution is -3.05. The Hall–Kier alpha value is -1.28. The maximum Gasteiger partial charge on any atom is 0.276 e. The Labute approximate surface area is 151 Å². The minimum atomic E-state index is -0.377. The number of quaternary nitrogens is 1. The van der Waals surface area contributed by atoms with Crippen LogP contribution in [-0.2, 0) is 4.79 Å². The molecule has 1 aromatic rings. The summed E-state index contributed by atoms with van der Waals surface area (Å²) in [7, 11) is 4.17. The van der Waals surface area contributed by atoms with Crippen molar-refractivity contribution in [3.8, 4) is 5.75 Å². The SMILES string of the molecule is C[NH+](C)CCCNC(=S)NNC(=O)COc1ccc(Cl)cc1Cl. The number of rotatable bonds is 7. The van der Waals surface area contributed by atoms with E-state index >= 15 is 0 Å². The molecule has 128 valence electrons. The quantitative estimate of drug-likeness (QED) is 0.313. The van der Waals surface area contributed by atoms with Crippen molar-refractivity contribution in [2.24, 2.45) is 0 Å². The lowest BCUT2D eigenvalue weighted by molar-refractivity contribution is -0.858. The third-order valence-corrected chi connectivity index (χ3v) is 3.48. The number of hydrogen-bond donors (Lipinski definition) is 4. The van der Waals surface area contributed by atoms with Gasteiger partial charge in [0, 0.05) is 18.0 Å². The van der Waals surface area contributed by atoms with E-state index in [-0.39, 0.29) is 12.5 Å². The fourth-order valence-corrected chi connectivity index (χ4v) is 2.20. The van der Waals surface area contributed by atoms with Crippen molar-refractivity contribution >= 4 is 46.4 Å². The van der Waals surface area contributed by atoms with Gasteiger partial charge in [0.2, 0.25) is 0 Å². The first-order valence-corrected chi connectivity index (χ1v) is 8.24. The maximum absolute atomic E-state index is 11.7. The summed E-state index contributed by atoms with van der Waals surface area (Å²) >= 11 is 16.8. The van der Waals surface area contributed by atoms with Crippen LogP contribution in [0.5, 0.6) is 5.75 Å². The Bertz CT molecular complexity index is 544. The first-order chi connectivity index (χ1) is 10.9. The summed E-state index contributed by atoms with van der Waals surface area (Å²) in [4.78, 5) is 13.0. The number of ether oxygens (including phenoxy) is 1. The predicted octanol–water partition coefficient (Wildman–Crippen LogP) is 0.402. The summed E-state index contributed by atoms with van der Waals surface area (Å²) in [6, 6.07) is 4.78. The molecule has 0 aliphatic rings. The highest BCUT2D eigenvalue weighted by molar-refractivity contribution is 7.80. The average molecular weight is 380 g/mol. The van der Waals surface area contributed by atoms with Crippen LogP contribution in [0.1, 0.15) is 6.42 Å². The summed E-state index contributed by atoms with van der Waals surface area (Å²) in [5.41, 5.74) is 5.05. The van der Waals surface area contributed by atoms with Gasteiger partial charge in [-0.2, -0.15) is 0 Å². The van der Waals surface area contributed by atoms with Crippen LogP contribution < -0.4 is 25.8 Å². The molecule has 0 radical (unpaired) electrons. The Balaban J connectivity index is 2.20. The topological polar surface area (TPSA) is 66.8 Å². The molecule has 1 amide bonds. The molecule has 0 aromatic heterocycles. The highest BCUT2D eigenvalue weighted by atomic mass is 35.5. The van der Waals surface area contributed by atoms with Crippen molar-refractivity contribution in [1.82, 2.24) is 16.2 Å².